The van der Waals surface area contributed by atoms with Crippen LogP contribution in [0.25, 0.3) is 11.0 Å². The molecule has 0 unspecified atom stereocenters. The summed E-state index contributed by atoms with van der Waals surface area (Å²) in [6, 6.07) is 8.00. The fraction of sp³-hybridized carbons (Fsp3) is 0.375. The molecule has 118 valence electrons. The molecule has 23 heavy (non-hydrogen) atoms. The van der Waals surface area contributed by atoms with Crippen molar-refractivity contribution >= 4 is 22.7 Å². The molecular formula is C16H19N7. The highest BCUT2D eigenvalue weighted by Gasteiger charge is 2.19. The number of anilines is 2. The van der Waals surface area contributed by atoms with E-state index in [-0.39, 0.29) is 0 Å². The monoisotopic (exact) mass is 309 g/mol. The highest BCUT2D eigenvalue weighted by Crippen LogP contribution is 2.27. The molecule has 3 aromatic rings. The van der Waals surface area contributed by atoms with Crippen molar-refractivity contribution in [2.24, 2.45) is 0 Å². The number of fused-ring (bicyclic) bond motifs is 1. The van der Waals surface area contributed by atoms with E-state index < -0.39 is 0 Å². The molecule has 1 aromatic carbocycles. The second kappa shape index (κ2) is 6.20. The molecule has 1 aliphatic heterocycles. The van der Waals surface area contributed by atoms with Crippen LogP contribution < -0.4 is 10.2 Å². The van der Waals surface area contributed by atoms with Gasteiger partial charge in [-0.3, -0.25) is 5.10 Å². The molecule has 0 aliphatic carbocycles. The first kappa shape index (κ1) is 13.9. The Labute approximate surface area is 134 Å². The minimum Gasteiger partial charge on any atom is -0.367 e. The van der Waals surface area contributed by atoms with E-state index in [1.165, 1.54) is 19.2 Å². The molecule has 3 heterocycles. The summed E-state index contributed by atoms with van der Waals surface area (Å²) in [5.41, 5.74) is 1.85. The van der Waals surface area contributed by atoms with E-state index in [1.54, 1.807) is 0 Å². The first-order chi connectivity index (χ1) is 11.4. The van der Waals surface area contributed by atoms with Gasteiger partial charge in [0.25, 0.3) is 0 Å². The Bertz CT molecular complexity index is 778. The Morgan fingerprint density at radius 1 is 1.09 bits per heavy atom. The van der Waals surface area contributed by atoms with Crippen molar-refractivity contribution in [2.75, 3.05) is 29.9 Å². The van der Waals surface area contributed by atoms with E-state index in [1.807, 2.05) is 24.3 Å². The van der Waals surface area contributed by atoms with Crippen LogP contribution in [0.15, 0.2) is 30.6 Å². The molecule has 0 atom stereocenters. The van der Waals surface area contributed by atoms with Gasteiger partial charge in [-0.25, -0.2) is 15.0 Å². The predicted molar refractivity (Wildman–Crippen MR) is 89.6 cm³/mol. The molecule has 0 bridgehead atoms. The maximum Gasteiger partial charge on any atom is 0.172 e. The zero-order valence-electron chi connectivity index (χ0n) is 12.9. The third kappa shape index (κ3) is 2.94. The van der Waals surface area contributed by atoms with Crippen molar-refractivity contribution in [2.45, 2.75) is 19.3 Å². The van der Waals surface area contributed by atoms with Crippen LogP contribution >= 0.6 is 0 Å². The molecule has 4 rings (SSSR count). The van der Waals surface area contributed by atoms with Gasteiger partial charge in [-0.1, -0.05) is 12.1 Å². The summed E-state index contributed by atoms with van der Waals surface area (Å²) in [5.74, 6) is 2.68. The van der Waals surface area contributed by atoms with E-state index in [0.29, 0.717) is 0 Å². The van der Waals surface area contributed by atoms with Crippen molar-refractivity contribution in [3.8, 4) is 0 Å². The average molecular weight is 309 g/mol. The smallest absolute Gasteiger partial charge is 0.172 e. The van der Waals surface area contributed by atoms with Gasteiger partial charge < -0.3 is 10.2 Å². The second-order valence-corrected chi connectivity index (χ2v) is 5.69. The molecule has 0 amide bonds. The number of rotatable bonds is 5. The zero-order chi connectivity index (χ0) is 15.5. The molecule has 0 spiro atoms. The van der Waals surface area contributed by atoms with Gasteiger partial charge in [0.1, 0.15) is 12.2 Å². The predicted octanol–water partition coefficient (Wildman–Crippen LogP) is 2.00. The Morgan fingerprint density at radius 3 is 2.61 bits per heavy atom. The molecule has 2 N–H and O–H groups in total. The Morgan fingerprint density at radius 2 is 1.87 bits per heavy atom. The van der Waals surface area contributed by atoms with E-state index in [2.05, 4.69) is 25.4 Å². The van der Waals surface area contributed by atoms with E-state index in [9.17, 15) is 0 Å². The summed E-state index contributed by atoms with van der Waals surface area (Å²) >= 11 is 0. The summed E-state index contributed by atoms with van der Waals surface area (Å²) in [6.45, 7) is 2.83. The Balaban J connectivity index is 1.60. The lowest BCUT2D eigenvalue weighted by molar-refractivity contribution is 0.888. The van der Waals surface area contributed by atoms with E-state index in [0.717, 1.165) is 54.5 Å². The first-order valence-electron chi connectivity index (χ1n) is 8.00. The molecule has 1 saturated heterocycles. The molecule has 7 heteroatoms. The first-order valence-corrected chi connectivity index (χ1v) is 8.00. The lowest BCUT2D eigenvalue weighted by Crippen LogP contribution is -2.22. The van der Waals surface area contributed by atoms with Gasteiger partial charge in [-0.05, 0) is 25.0 Å². The normalized spacial score (nSPS) is 14.5. The molecule has 0 radical (unpaired) electrons. The van der Waals surface area contributed by atoms with Crippen molar-refractivity contribution in [3.05, 3.63) is 36.4 Å². The summed E-state index contributed by atoms with van der Waals surface area (Å²) < 4.78 is 0. The summed E-state index contributed by atoms with van der Waals surface area (Å²) in [6.07, 6.45) is 4.73. The lowest BCUT2D eigenvalue weighted by Gasteiger charge is -2.20. The van der Waals surface area contributed by atoms with Gasteiger partial charge in [0.15, 0.2) is 11.6 Å². The van der Waals surface area contributed by atoms with Crippen molar-refractivity contribution in [1.82, 2.24) is 25.1 Å². The number of aromatic amines is 1. The molecule has 7 nitrogen and oxygen atoms in total. The molecule has 2 aromatic heterocycles. The van der Waals surface area contributed by atoms with Crippen LogP contribution in [0, 0.1) is 0 Å². The van der Waals surface area contributed by atoms with E-state index in [4.69, 9.17) is 9.97 Å². The summed E-state index contributed by atoms with van der Waals surface area (Å²) in [5, 5.41) is 10.2. The number of H-pyrrole nitrogens is 1. The lowest BCUT2D eigenvalue weighted by atomic mass is 10.3. The summed E-state index contributed by atoms with van der Waals surface area (Å²) in [4.78, 5) is 16.1. The van der Waals surface area contributed by atoms with Gasteiger partial charge in [0, 0.05) is 26.1 Å². The maximum atomic E-state index is 4.84. The van der Waals surface area contributed by atoms with Crippen LogP contribution in [-0.2, 0) is 6.42 Å². The van der Waals surface area contributed by atoms with Gasteiger partial charge in [-0.15, -0.1) is 0 Å². The Kier molecular flexibility index (Phi) is 3.75. The summed E-state index contributed by atoms with van der Waals surface area (Å²) in [7, 11) is 0. The van der Waals surface area contributed by atoms with E-state index >= 15 is 0 Å². The second-order valence-electron chi connectivity index (χ2n) is 5.69. The number of nitrogens with zero attached hydrogens (tertiary/aromatic N) is 5. The largest absolute Gasteiger partial charge is 0.367 e. The van der Waals surface area contributed by atoms with Gasteiger partial charge in [-0.2, -0.15) is 5.10 Å². The highest BCUT2D eigenvalue weighted by atomic mass is 15.2. The van der Waals surface area contributed by atoms with Crippen molar-refractivity contribution in [3.63, 3.8) is 0 Å². The van der Waals surface area contributed by atoms with Gasteiger partial charge in [0.2, 0.25) is 0 Å². The number of hydrogen-bond acceptors (Lipinski definition) is 6. The van der Waals surface area contributed by atoms with Gasteiger partial charge >= 0.3 is 0 Å². The van der Waals surface area contributed by atoms with Crippen LogP contribution in [0.5, 0.6) is 0 Å². The number of hydrogen-bond donors (Lipinski definition) is 2. The number of benzene rings is 1. The standard InChI is InChI=1S/C16H19N7/c1-2-6-13-12(5-1)20-15(16(21-13)23-9-3-4-10-23)17-8-7-14-18-11-19-22-14/h1-2,5-6,11H,3-4,7-10H2,(H,17,20)(H,18,19,22). The van der Waals surface area contributed by atoms with Crippen LogP contribution in [0.2, 0.25) is 0 Å². The molecule has 1 aliphatic rings. The fourth-order valence-electron chi connectivity index (χ4n) is 2.91. The van der Waals surface area contributed by atoms with Crippen LogP contribution in [0.3, 0.4) is 0 Å². The fourth-order valence-corrected chi connectivity index (χ4v) is 2.91. The minimum atomic E-state index is 0.739. The van der Waals surface area contributed by atoms with Crippen molar-refractivity contribution in [1.29, 1.82) is 0 Å². The van der Waals surface area contributed by atoms with Crippen LogP contribution in [0.1, 0.15) is 18.7 Å². The van der Waals surface area contributed by atoms with Crippen LogP contribution in [-0.4, -0.2) is 44.8 Å². The zero-order valence-corrected chi connectivity index (χ0v) is 12.9. The topological polar surface area (TPSA) is 82.6 Å². The molecular weight excluding hydrogens is 290 g/mol. The SMILES string of the molecule is c1ccc2nc(N3CCCC3)c(NCCc3ncn[nH]3)nc2c1. The minimum absolute atomic E-state index is 0.739. The number of para-hydroxylation sites is 2. The third-order valence-electron chi connectivity index (χ3n) is 4.08. The molecule has 0 saturated carbocycles. The quantitative estimate of drug-likeness (QED) is 0.750. The number of nitrogens with one attached hydrogen (secondary N) is 2. The third-order valence-corrected chi connectivity index (χ3v) is 4.08. The van der Waals surface area contributed by atoms with Crippen molar-refractivity contribution < 1.29 is 0 Å². The van der Waals surface area contributed by atoms with Crippen LogP contribution in [0.4, 0.5) is 11.6 Å². The van der Waals surface area contributed by atoms with Gasteiger partial charge in [0.05, 0.1) is 11.0 Å². The average Bonchev–Trinajstić information content (AvgIpc) is 3.28. The maximum absolute atomic E-state index is 4.84. The Hall–Kier alpha value is -2.70. The molecule has 1 fully saturated rings. The number of aromatic nitrogens is 5. The highest BCUT2D eigenvalue weighted by molar-refractivity contribution is 5.80.